The molecule has 3 aliphatic heterocycles. The van der Waals surface area contributed by atoms with Crippen LogP contribution in [0.5, 0.6) is 0 Å². The number of carbonyl (C=O) groups is 2. The summed E-state index contributed by atoms with van der Waals surface area (Å²) in [7, 11) is 0. The van der Waals surface area contributed by atoms with E-state index in [1.54, 1.807) is 10.7 Å². The van der Waals surface area contributed by atoms with Crippen LogP contribution >= 0.6 is 0 Å². The Morgan fingerprint density at radius 1 is 1.11 bits per heavy atom. The van der Waals surface area contributed by atoms with Gasteiger partial charge >= 0.3 is 12.1 Å². The molecule has 0 bridgehead atoms. The molecule has 3 aromatic rings. The molecule has 0 saturated carbocycles. The molecule has 2 saturated heterocycles. The standard InChI is InChI=1S/C26H28N6O4/c1-16-11-30(14-22(28-16)19-6-7-20-21(17(19)2)15-36-25(20)33)12-18-10-27-32(13-18)24-5-3-4-23(29-24)31-8-9-35-26(31)34/h3-7,10,13,16,22,28H,8-9,11-12,14-15H2,1-2H3/t16-,22-/m0/s1. The van der Waals surface area contributed by atoms with Gasteiger partial charge in [0.15, 0.2) is 5.82 Å². The third-order valence-electron chi connectivity index (χ3n) is 7.08. The topological polar surface area (TPSA) is 102 Å². The molecule has 0 radical (unpaired) electrons. The third kappa shape index (κ3) is 4.12. The molecular weight excluding hydrogens is 460 g/mol. The van der Waals surface area contributed by atoms with Crippen molar-refractivity contribution in [2.45, 2.75) is 39.1 Å². The zero-order valence-electron chi connectivity index (χ0n) is 20.3. The van der Waals surface area contributed by atoms with Gasteiger partial charge in [-0.1, -0.05) is 12.1 Å². The highest BCUT2D eigenvalue weighted by molar-refractivity contribution is 5.94. The summed E-state index contributed by atoms with van der Waals surface area (Å²) < 4.78 is 12.0. The Morgan fingerprint density at radius 3 is 2.81 bits per heavy atom. The van der Waals surface area contributed by atoms with Gasteiger partial charge in [-0.05, 0) is 43.2 Å². The van der Waals surface area contributed by atoms with E-state index >= 15 is 0 Å². The van der Waals surface area contributed by atoms with Crippen molar-refractivity contribution in [3.05, 3.63) is 70.5 Å². The van der Waals surface area contributed by atoms with Gasteiger partial charge in [-0.25, -0.2) is 19.3 Å². The molecule has 3 aliphatic rings. The minimum atomic E-state index is -0.374. The van der Waals surface area contributed by atoms with Gasteiger partial charge in [-0.2, -0.15) is 5.10 Å². The second kappa shape index (κ2) is 9.03. The number of piperazine rings is 1. The molecule has 1 amide bonds. The van der Waals surface area contributed by atoms with Gasteiger partial charge in [-0.3, -0.25) is 9.80 Å². The monoisotopic (exact) mass is 488 g/mol. The molecule has 36 heavy (non-hydrogen) atoms. The normalized spacial score (nSPS) is 22.0. The quantitative estimate of drug-likeness (QED) is 0.547. The van der Waals surface area contributed by atoms with E-state index in [1.807, 2.05) is 30.6 Å². The van der Waals surface area contributed by atoms with E-state index in [0.717, 1.165) is 36.3 Å². The van der Waals surface area contributed by atoms with Crippen LogP contribution in [0, 0.1) is 6.92 Å². The number of amides is 1. The molecule has 6 rings (SSSR count). The number of esters is 1. The van der Waals surface area contributed by atoms with Crippen molar-refractivity contribution in [3.8, 4) is 5.82 Å². The lowest BCUT2D eigenvalue weighted by Crippen LogP contribution is -2.50. The predicted octanol–water partition coefficient (Wildman–Crippen LogP) is 2.74. The number of anilines is 1. The summed E-state index contributed by atoms with van der Waals surface area (Å²) in [4.78, 5) is 32.4. The fourth-order valence-electron chi connectivity index (χ4n) is 5.35. The number of benzene rings is 1. The summed E-state index contributed by atoms with van der Waals surface area (Å²) >= 11 is 0. The molecule has 10 heteroatoms. The Morgan fingerprint density at radius 2 is 1.97 bits per heavy atom. The number of rotatable bonds is 5. The number of hydrogen-bond acceptors (Lipinski definition) is 8. The van der Waals surface area contributed by atoms with Crippen LogP contribution in [0.25, 0.3) is 5.82 Å². The van der Waals surface area contributed by atoms with Crippen LogP contribution in [0.15, 0.2) is 42.7 Å². The largest absolute Gasteiger partial charge is 0.457 e. The fraction of sp³-hybridized carbons (Fsp3) is 0.385. The highest BCUT2D eigenvalue weighted by Crippen LogP contribution is 2.31. The molecule has 0 aliphatic carbocycles. The van der Waals surface area contributed by atoms with Crippen LogP contribution in [0.3, 0.4) is 0 Å². The lowest BCUT2D eigenvalue weighted by molar-refractivity contribution is 0.0535. The number of carbonyl (C=O) groups excluding carboxylic acids is 2. The minimum Gasteiger partial charge on any atom is -0.457 e. The zero-order chi connectivity index (χ0) is 24.8. The second-order valence-corrected chi connectivity index (χ2v) is 9.61. The number of pyridine rings is 1. The van der Waals surface area contributed by atoms with Gasteiger partial charge in [0.25, 0.3) is 0 Å². The van der Waals surface area contributed by atoms with E-state index in [1.165, 1.54) is 10.5 Å². The Balaban J connectivity index is 1.18. The molecule has 5 heterocycles. The van der Waals surface area contributed by atoms with Crippen LogP contribution in [-0.4, -0.2) is 64.0 Å². The molecule has 1 aromatic carbocycles. The van der Waals surface area contributed by atoms with Crippen molar-refractivity contribution in [3.63, 3.8) is 0 Å². The lowest BCUT2D eigenvalue weighted by atomic mass is 9.92. The number of aromatic nitrogens is 3. The van der Waals surface area contributed by atoms with E-state index in [4.69, 9.17) is 9.47 Å². The molecule has 2 atom stereocenters. The average molecular weight is 489 g/mol. The molecule has 2 aromatic heterocycles. The highest BCUT2D eigenvalue weighted by Gasteiger charge is 2.30. The number of nitrogens with zero attached hydrogens (tertiary/aromatic N) is 5. The Labute approximate surface area is 208 Å². The first-order chi connectivity index (χ1) is 17.5. The second-order valence-electron chi connectivity index (χ2n) is 9.61. The summed E-state index contributed by atoms with van der Waals surface area (Å²) in [6.45, 7) is 8.00. The highest BCUT2D eigenvalue weighted by atomic mass is 16.6. The maximum Gasteiger partial charge on any atom is 0.415 e. The summed E-state index contributed by atoms with van der Waals surface area (Å²) in [5.74, 6) is 0.974. The Kier molecular flexibility index (Phi) is 5.69. The molecule has 2 fully saturated rings. The van der Waals surface area contributed by atoms with Gasteiger partial charge < -0.3 is 14.8 Å². The molecule has 0 spiro atoms. The predicted molar refractivity (Wildman–Crippen MR) is 131 cm³/mol. The number of ether oxygens (including phenoxy) is 2. The van der Waals surface area contributed by atoms with Crippen LogP contribution in [-0.2, 0) is 22.6 Å². The van der Waals surface area contributed by atoms with Gasteiger partial charge in [0.1, 0.15) is 19.0 Å². The number of fused-ring (bicyclic) bond motifs is 1. The average Bonchev–Trinajstić information content (AvgIpc) is 3.60. The summed E-state index contributed by atoms with van der Waals surface area (Å²) in [5, 5.41) is 8.25. The van der Waals surface area contributed by atoms with E-state index in [9.17, 15) is 9.59 Å². The molecule has 186 valence electrons. The third-order valence-corrected chi connectivity index (χ3v) is 7.08. The number of nitrogens with one attached hydrogen (secondary N) is 1. The van der Waals surface area contributed by atoms with E-state index in [0.29, 0.717) is 43.0 Å². The molecular formula is C26H28N6O4. The first kappa shape index (κ1) is 22.7. The Hall–Kier alpha value is -3.76. The molecule has 10 nitrogen and oxygen atoms in total. The summed E-state index contributed by atoms with van der Waals surface area (Å²) in [5.41, 5.74) is 5.11. The van der Waals surface area contributed by atoms with Crippen LogP contribution < -0.4 is 10.2 Å². The zero-order valence-corrected chi connectivity index (χ0v) is 20.3. The maximum atomic E-state index is 11.9. The van der Waals surface area contributed by atoms with E-state index in [2.05, 4.69) is 40.2 Å². The van der Waals surface area contributed by atoms with Crippen LogP contribution in [0.1, 0.15) is 45.6 Å². The van der Waals surface area contributed by atoms with Gasteiger partial charge in [-0.15, -0.1) is 0 Å². The first-order valence-corrected chi connectivity index (χ1v) is 12.2. The number of cyclic esters (lactones) is 2. The Bertz CT molecular complexity index is 1340. The summed E-state index contributed by atoms with van der Waals surface area (Å²) in [6, 6.07) is 9.95. The van der Waals surface area contributed by atoms with Crippen molar-refractivity contribution in [1.82, 2.24) is 25.0 Å². The van der Waals surface area contributed by atoms with Crippen molar-refractivity contribution in [1.29, 1.82) is 0 Å². The SMILES string of the molecule is Cc1c([C@@H]2CN(Cc3cnn(-c4cccc(N5CCOC5=O)n4)c3)C[C@H](C)N2)ccc2c1COC2=O. The van der Waals surface area contributed by atoms with Crippen molar-refractivity contribution >= 4 is 17.9 Å². The smallest absolute Gasteiger partial charge is 0.415 e. The minimum absolute atomic E-state index is 0.156. The van der Waals surface area contributed by atoms with Gasteiger partial charge in [0.05, 0.1) is 18.3 Å². The summed E-state index contributed by atoms with van der Waals surface area (Å²) in [6.07, 6.45) is 3.48. The number of hydrogen-bond donors (Lipinski definition) is 1. The fourth-order valence-corrected chi connectivity index (χ4v) is 5.35. The van der Waals surface area contributed by atoms with Gasteiger partial charge in [0.2, 0.25) is 0 Å². The van der Waals surface area contributed by atoms with E-state index < -0.39 is 0 Å². The van der Waals surface area contributed by atoms with Crippen molar-refractivity contribution in [2.24, 2.45) is 0 Å². The maximum absolute atomic E-state index is 11.9. The van der Waals surface area contributed by atoms with Crippen molar-refractivity contribution < 1.29 is 19.1 Å². The molecule has 0 unspecified atom stereocenters. The van der Waals surface area contributed by atoms with Crippen LogP contribution in [0.4, 0.5) is 10.6 Å². The molecule has 1 N–H and O–H groups in total. The van der Waals surface area contributed by atoms with Crippen molar-refractivity contribution in [2.75, 3.05) is 31.1 Å². The van der Waals surface area contributed by atoms with Gasteiger partial charge in [0, 0.05) is 49.0 Å². The van der Waals surface area contributed by atoms with Crippen LogP contribution in [0.2, 0.25) is 0 Å². The van der Waals surface area contributed by atoms with E-state index in [-0.39, 0.29) is 18.1 Å². The first-order valence-electron chi connectivity index (χ1n) is 12.2. The lowest BCUT2D eigenvalue weighted by Gasteiger charge is -2.38.